The summed E-state index contributed by atoms with van der Waals surface area (Å²) in [6, 6.07) is 14.0. The molecule has 0 saturated heterocycles. The molecule has 116 valence electrons. The van der Waals surface area contributed by atoms with E-state index >= 15 is 0 Å². The van der Waals surface area contributed by atoms with Crippen molar-refractivity contribution in [1.82, 2.24) is 0 Å². The smallest absolute Gasteiger partial charge is 0.166 e. The molecule has 0 fully saturated rings. The molecule has 0 unspecified atom stereocenters. The first-order valence-corrected chi connectivity index (χ1v) is 7.28. The first kappa shape index (κ1) is 16.0. The lowest BCUT2D eigenvalue weighted by molar-refractivity contribution is 0.100. The number of hydrogen-bond acceptors (Lipinski definition) is 3. The van der Waals surface area contributed by atoms with Crippen LogP contribution in [0.4, 0.5) is 4.39 Å². The van der Waals surface area contributed by atoms with Gasteiger partial charge in [-0.3, -0.25) is 4.79 Å². The molecule has 0 saturated carbocycles. The third-order valence-corrected chi connectivity index (χ3v) is 3.14. The number of ketones is 1. The van der Waals surface area contributed by atoms with Crippen molar-refractivity contribution in [2.45, 2.75) is 19.8 Å². The van der Waals surface area contributed by atoms with Gasteiger partial charge < -0.3 is 9.47 Å². The highest BCUT2D eigenvalue weighted by atomic mass is 19.1. The van der Waals surface area contributed by atoms with E-state index in [9.17, 15) is 9.18 Å². The molecule has 0 amide bonds. The Morgan fingerprint density at radius 3 is 2.32 bits per heavy atom. The minimum atomic E-state index is -0.544. The zero-order chi connectivity index (χ0) is 15.8. The highest BCUT2D eigenvalue weighted by Crippen LogP contribution is 2.22. The average molecular weight is 302 g/mol. The second-order valence-corrected chi connectivity index (χ2v) is 4.89. The minimum Gasteiger partial charge on any atom is -0.494 e. The molecule has 0 aliphatic rings. The first-order chi connectivity index (χ1) is 10.7. The summed E-state index contributed by atoms with van der Waals surface area (Å²) in [5.74, 6) is 0.266. The monoisotopic (exact) mass is 302 g/mol. The van der Waals surface area contributed by atoms with Gasteiger partial charge in [0.1, 0.15) is 17.3 Å². The van der Waals surface area contributed by atoms with Crippen molar-refractivity contribution in [2.24, 2.45) is 0 Å². The molecule has 0 bridgehead atoms. The van der Waals surface area contributed by atoms with Gasteiger partial charge in [-0.2, -0.15) is 0 Å². The molecular weight excluding hydrogens is 283 g/mol. The molecule has 0 N–H and O–H groups in total. The largest absolute Gasteiger partial charge is 0.494 e. The van der Waals surface area contributed by atoms with Crippen LogP contribution >= 0.6 is 0 Å². The predicted octanol–water partition coefficient (Wildman–Crippen LogP) is 4.27. The van der Waals surface area contributed by atoms with E-state index in [0.29, 0.717) is 19.0 Å². The lowest BCUT2D eigenvalue weighted by atomic mass is 10.1. The summed E-state index contributed by atoms with van der Waals surface area (Å²) in [5, 5.41) is 0. The highest BCUT2D eigenvalue weighted by Gasteiger charge is 2.13. The van der Waals surface area contributed by atoms with Crippen molar-refractivity contribution in [3.8, 4) is 11.5 Å². The summed E-state index contributed by atoms with van der Waals surface area (Å²) in [4.78, 5) is 11.4. The number of halogens is 1. The molecule has 2 aromatic carbocycles. The Hall–Kier alpha value is -2.36. The Morgan fingerprint density at radius 1 is 0.955 bits per heavy atom. The van der Waals surface area contributed by atoms with Crippen molar-refractivity contribution in [2.75, 3.05) is 13.2 Å². The number of hydrogen-bond donors (Lipinski definition) is 0. The molecule has 0 heterocycles. The van der Waals surface area contributed by atoms with E-state index in [1.165, 1.54) is 19.1 Å². The third kappa shape index (κ3) is 4.58. The quantitative estimate of drug-likeness (QED) is 0.540. The maximum absolute atomic E-state index is 13.6. The fourth-order valence-corrected chi connectivity index (χ4v) is 2.06. The number of unbranched alkanes of at least 4 members (excludes halogenated alkanes) is 1. The van der Waals surface area contributed by atoms with Crippen molar-refractivity contribution >= 4 is 5.78 Å². The van der Waals surface area contributed by atoms with Gasteiger partial charge in [-0.1, -0.05) is 24.3 Å². The molecule has 3 nitrogen and oxygen atoms in total. The fraction of sp³-hybridized carbons (Fsp3) is 0.278. The van der Waals surface area contributed by atoms with Gasteiger partial charge in [0.25, 0.3) is 0 Å². The topological polar surface area (TPSA) is 35.5 Å². The van der Waals surface area contributed by atoms with Crippen LogP contribution in [0.1, 0.15) is 30.1 Å². The van der Waals surface area contributed by atoms with Crippen LogP contribution in [0.3, 0.4) is 0 Å². The van der Waals surface area contributed by atoms with Crippen molar-refractivity contribution in [1.29, 1.82) is 0 Å². The number of carbonyl (C=O) groups excluding carboxylic acids is 1. The normalized spacial score (nSPS) is 10.3. The molecule has 0 spiro atoms. The van der Waals surface area contributed by atoms with Crippen LogP contribution in [0, 0.1) is 5.82 Å². The number of benzene rings is 2. The van der Waals surface area contributed by atoms with Crippen molar-refractivity contribution < 1.29 is 18.7 Å². The lowest BCUT2D eigenvalue weighted by Crippen LogP contribution is -2.06. The summed E-state index contributed by atoms with van der Waals surface area (Å²) < 4.78 is 24.7. The zero-order valence-electron chi connectivity index (χ0n) is 12.5. The van der Waals surface area contributed by atoms with E-state index in [0.717, 1.165) is 18.6 Å². The maximum atomic E-state index is 13.6. The van der Waals surface area contributed by atoms with Gasteiger partial charge in [-0.05, 0) is 44.0 Å². The number of rotatable bonds is 8. The fourth-order valence-electron chi connectivity index (χ4n) is 2.06. The molecule has 2 aromatic rings. The number of Topliss-reactive ketones (excluding diaryl/α,β-unsaturated/α-hetero) is 1. The van der Waals surface area contributed by atoms with E-state index in [1.54, 1.807) is 6.07 Å². The van der Waals surface area contributed by atoms with Crippen LogP contribution in [0.15, 0.2) is 48.5 Å². The van der Waals surface area contributed by atoms with Crippen LogP contribution in [-0.2, 0) is 0 Å². The van der Waals surface area contributed by atoms with Gasteiger partial charge in [0.15, 0.2) is 5.78 Å². The minimum absolute atomic E-state index is 0.0167. The van der Waals surface area contributed by atoms with E-state index in [-0.39, 0.29) is 11.3 Å². The standard InChI is InChI=1S/C18H19FO3/c1-14(20)18-16(19)10-7-11-17(18)22-13-6-5-12-21-15-8-3-2-4-9-15/h2-4,7-11H,5-6,12-13H2,1H3. The summed E-state index contributed by atoms with van der Waals surface area (Å²) in [7, 11) is 0. The van der Waals surface area contributed by atoms with Gasteiger partial charge >= 0.3 is 0 Å². The van der Waals surface area contributed by atoms with E-state index < -0.39 is 5.82 Å². The van der Waals surface area contributed by atoms with Gasteiger partial charge in [-0.25, -0.2) is 4.39 Å². The first-order valence-electron chi connectivity index (χ1n) is 7.28. The van der Waals surface area contributed by atoms with Crippen LogP contribution in [-0.4, -0.2) is 19.0 Å². The van der Waals surface area contributed by atoms with Crippen LogP contribution < -0.4 is 9.47 Å². The summed E-state index contributed by atoms with van der Waals surface area (Å²) >= 11 is 0. The Labute approximate surface area is 129 Å². The van der Waals surface area contributed by atoms with E-state index in [4.69, 9.17) is 9.47 Å². The summed E-state index contributed by atoms with van der Waals surface area (Å²) in [6.45, 7) is 2.34. The molecule has 0 atom stereocenters. The van der Waals surface area contributed by atoms with Crippen LogP contribution in [0.2, 0.25) is 0 Å². The lowest BCUT2D eigenvalue weighted by Gasteiger charge is -2.10. The van der Waals surface area contributed by atoms with E-state index in [1.807, 2.05) is 30.3 Å². The van der Waals surface area contributed by atoms with Gasteiger partial charge in [0, 0.05) is 0 Å². The molecule has 0 aromatic heterocycles. The van der Waals surface area contributed by atoms with Gasteiger partial charge in [0.2, 0.25) is 0 Å². The number of ether oxygens (including phenoxy) is 2. The molecule has 0 radical (unpaired) electrons. The summed E-state index contributed by atoms with van der Waals surface area (Å²) in [5.41, 5.74) is 0.0167. The highest BCUT2D eigenvalue weighted by molar-refractivity contribution is 5.97. The van der Waals surface area contributed by atoms with E-state index in [2.05, 4.69) is 0 Å². The number of carbonyl (C=O) groups is 1. The number of para-hydroxylation sites is 1. The molecule has 22 heavy (non-hydrogen) atoms. The Morgan fingerprint density at radius 2 is 1.64 bits per heavy atom. The summed E-state index contributed by atoms with van der Waals surface area (Å²) in [6.07, 6.45) is 1.58. The van der Waals surface area contributed by atoms with Crippen LogP contribution in [0.25, 0.3) is 0 Å². The van der Waals surface area contributed by atoms with Crippen LogP contribution in [0.5, 0.6) is 11.5 Å². The molecule has 0 aliphatic carbocycles. The van der Waals surface area contributed by atoms with Crippen molar-refractivity contribution in [3.63, 3.8) is 0 Å². The maximum Gasteiger partial charge on any atom is 0.166 e. The Kier molecular flexibility index (Phi) is 5.95. The zero-order valence-corrected chi connectivity index (χ0v) is 12.5. The predicted molar refractivity (Wildman–Crippen MR) is 83.1 cm³/mol. The second-order valence-electron chi connectivity index (χ2n) is 4.89. The van der Waals surface area contributed by atoms with Crippen molar-refractivity contribution in [3.05, 3.63) is 59.9 Å². The Balaban J connectivity index is 1.73. The van der Waals surface area contributed by atoms with Gasteiger partial charge in [-0.15, -0.1) is 0 Å². The molecule has 2 rings (SSSR count). The SMILES string of the molecule is CC(=O)c1c(F)cccc1OCCCCOc1ccccc1. The van der Waals surface area contributed by atoms with Gasteiger partial charge in [0.05, 0.1) is 18.8 Å². The third-order valence-electron chi connectivity index (χ3n) is 3.14. The average Bonchev–Trinajstić information content (AvgIpc) is 2.51. The Bertz CT molecular complexity index is 611. The molecular formula is C18H19FO3. The molecule has 4 heteroatoms. The molecule has 0 aliphatic heterocycles. The second kappa shape index (κ2) is 8.17.